The van der Waals surface area contributed by atoms with Crippen molar-refractivity contribution in [3.8, 4) is 17.1 Å². The molecule has 0 saturated carbocycles. The van der Waals surface area contributed by atoms with E-state index >= 15 is 0 Å². The van der Waals surface area contributed by atoms with E-state index in [0.29, 0.717) is 0 Å². The molecule has 0 aliphatic heterocycles. The van der Waals surface area contributed by atoms with E-state index in [2.05, 4.69) is 130 Å². The number of hydrogen-bond donors (Lipinski definition) is 0. The second-order valence-corrected chi connectivity index (χ2v) is 11.4. The topological polar surface area (TPSA) is 30.7 Å². The van der Waals surface area contributed by atoms with Gasteiger partial charge >= 0.3 is 0 Å². The van der Waals surface area contributed by atoms with E-state index in [4.69, 9.17) is 0 Å². The van der Waals surface area contributed by atoms with Crippen LogP contribution in [-0.2, 0) is 0 Å². The van der Waals surface area contributed by atoms with Crippen molar-refractivity contribution in [3.05, 3.63) is 146 Å². The van der Waals surface area contributed by atoms with Gasteiger partial charge in [-0.05, 0) is 60.2 Å². The van der Waals surface area contributed by atoms with Gasteiger partial charge in [0.25, 0.3) is 0 Å². The van der Waals surface area contributed by atoms with E-state index in [0.717, 1.165) is 17.1 Å². The van der Waals surface area contributed by atoms with Gasteiger partial charge < -0.3 is 4.57 Å². The van der Waals surface area contributed by atoms with Crippen molar-refractivity contribution in [2.24, 2.45) is 0 Å². The van der Waals surface area contributed by atoms with Gasteiger partial charge in [-0.25, -0.2) is 0 Å². The van der Waals surface area contributed by atoms with E-state index in [1.807, 2.05) is 30.6 Å². The Bertz CT molecular complexity index is 1820. The summed E-state index contributed by atoms with van der Waals surface area (Å²) in [6, 6.07) is 47.5. The van der Waals surface area contributed by atoms with E-state index in [1.54, 1.807) is 0 Å². The summed E-state index contributed by atoms with van der Waals surface area (Å²) in [4.78, 5) is 9.16. The lowest BCUT2D eigenvalue weighted by Gasteiger charge is -2.20. The third-order valence-corrected chi connectivity index (χ3v) is 9.30. The van der Waals surface area contributed by atoms with Crippen LogP contribution in [0.2, 0.25) is 0 Å². The molecule has 38 heavy (non-hydrogen) atoms. The van der Waals surface area contributed by atoms with Gasteiger partial charge in [0.15, 0.2) is 0 Å². The standard InChI is InChI=1S/C34H24N3P/c1-3-11-26(12-4-1)38(27-13-5-2-6-14-27)28-18-19-30-29-15-7-8-17-33(29)37(34(30)24-28)25-20-22-36-32(23-25)31-16-9-10-21-35-31/h1-24H. The van der Waals surface area contributed by atoms with Crippen molar-refractivity contribution < 1.29 is 0 Å². The Labute approximate surface area is 222 Å². The Morgan fingerprint density at radius 1 is 0.447 bits per heavy atom. The minimum Gasteiger partial charge on any atom is -0.309 e. The molecule has 180 valence electrons. The Hall–Kier alpha value is -4.59. The Morgan fingerprint density at radius 2 is 1.11 bits per heavy atom. The molecule has 0 saturated heterocycles. The van der Waals surface area contributed by atoms with Crippen molar-refractivity contribution in [3.63, 3.8) is 0 Å². The molecule has 0 amide bonds. The molecule has 3 nitrogen and oxygen atoms in total. The fourth-order valence-electron chi connectivity index (χ4n) is 5.19. The lowest BCUT2D eigenvalue weighted by atomic mass is 10.2. The van der Waals surface area contributed by atoms with Crippen molar-refractivity contribution in [1.82, 2.24) is 14.5 Å². The van der Waals surface area contributed by atoms with Crippen LogP contribution in [0.1, 0.15) is 0 Å². The van der Waals surface area contributed by atoms with Gasteiger partial charge in [-0.3, -0.25) is 9.97 Å². The number of nitrogens with zero attached hydrogens (tertiary/aromatic N) is 3. The summed E-state index contributed by atoms with van der Waals surface area (Å²) in [7, 11) is -0.708. The first-order valence-electron chi connectivity index (χ1n) is 12.7. The molecular weight excluding hydrogens is 481 g/mol. The van der Waals surface area contributed by atoms with Crippen LogP contribution >= 0.6 is 7.92 Å². The zero-order valence-corrected chi connectivity index (χ0v) is 21.5. The Kier molecular flexibility index (Phi) is 5.77. The quantitative estimate of drug-likeness (QED) is 0.236. The maximum absolute atomic E-state index is 4.63. The Balaban J connectivity index is 1.48. The molecule has 0 fully saturated rings. The minimum atomic E-state index is -0.708. The van der Waals surface area contributed by atoms with Crippen LogP contribution in [-0.4, -0.2) is 14.5 Å². The summed E-state index contributed by atoms with van der Waals surface area (Å²) >= 11 is 0. The largest absolute Gasteiger partial charge is 0.309 e. The molecule has 0 aliphatic rings. The fraction of sp³-hybridized carbons (Fsp3) is 0. The molecule has 0 radical (unpaired) electrons. The van der Waals surface area contributed by atoms with E-state index in [1.165, 1.54) is 37.7 Å². The summed E-state index contributed by atoms with van der Waals surface area (Å²) < 4.78 is 2.37. The van der Waals surface area contributed by atoms with Crippen molar-refractivity contribution in [1.29, 1.82) is 0 Å². The van der Waals surface area contributed by atoms with Crippen LogP contribution in [0.15, 0.2) is 146 Å². The van der Waals surface area contributed by atoms with E-state index in [9.17, 15) is 0 Å². The highest BCUT2D eigenvalue weighted by molar-refractivity contribution is 7.79. The summed E-state index contributed by atoms with van der Waals surface area (Å²) in [5, 5.41) is 6.51. The summed E-state index contributed by atoms with van der Waals surface area (Å²) in [6.07, 6.45) is 3.69. The molecular formula is C34H24N3P. The van der Waals surface area contributed by atoms with E-state index in [-0.39, 0.29) is 0 Å². The van der Waals surface area contributed by atoms with Crippen molar-refractivity contribution in [2.45, 2.75) is 0 Å². The van der Waals surface area contributed by atoms with Crippen LogP contribution in [0.4, 0.5) is 0 Å². The maximum Gasteiger partial charge on any atom is 0.0906 e. The molecule has 0 spiro atoms. The molecule has 7 aromatic rings. The first-order valence-corrected chi connectivity index (χ1v) is 14.0. The summed E-state index contributed by atoms with van der Waals surface area (Å²) in [5.74, 6) is 0. The number of aromatic nitrogens is 3. The first kappa shape index (κ1) is 22.6. The number of fused-ring (bicyclic) bond motifs is 3. The fourth-order valence-corrected chi connectivity index (χ4v) is 7.50. The molecule has 0 N–H and O–H groups in total. The average Bonchev–Trinajstić information content (AvgIpc) is 3.33. The van der Waals surface area contributed by atoms with Gasteiger partial charge in [-0.15, -0.1) is 0 Å². The lowest BCUT2D eigenvalue weighted by Crippen LogP contribution is -2.20. The van der Waals surface area contributed by atoms with Gasteiger partial charge in [-0.2, -0.15) is 0 Å². The predicted octanol–water partition coefficient (Wildman–Crippen LogP) is 7.00. The molecule has 0 atom stereocenters. The highest BCUT2D eigenvalue weighted by Crippen LogP contribution is 2.37. The normalized spacial score (nSPS) is 11.4. The number of pyridine rings is 2. The van der Waals surface area contributed by atoms with Gasteiger partial charge in [-0.1, -0.05) is 97.1 Å². The highest BCUT2D eigenvalue weighted by atomic mass is 31.1. The molecule has 3 heterocycles. The molecule has 0 unspecified atom stereocenters. The molecule has 3 aromatic heterocycles. The SMILES string of the molecule is c1ccc(P(c2ccccc2)c2ccc3c4ccccc4n(-c4ccnc(-c5ccccn5)c4)c3c2)cc1. The Morgan fingerprint density at radius 3 is 1.84 bits per heavy atom. The second kappa shape index (κ2) is 9.70. The number of benzene rings is 4. The van der Waals surface area contributed by atoms with Crippen LogP contribution in [0.3, 0.4) is 0 Å². The molecule has 4 aromatic carbocycles. The van der Waals surface area contributed by atoms with Crippen molar-refractivity contribution in [2.75, 3.05) is 0 Å². The van der Waals surface area contributed by atoms with Gasteiger partial charge in [0, 0.05) is 28.9 Å². The zero-order chi connectivity index (χ0) is 25.3. The smallest absolute Gasteiger partial charge is 0.0906 e. The zero-order valence-electron chi connectivity index (χ0n) is 20.6. The van der Waals surface area contributed by atoms with Gasteiger partial charge in [0.1, 0.15) is 0 Å². The van der Waals surface area contributed by atoms with Crippen LogP contribution in [0.25, 0.3) is 38.9 Å². The molecule has 4 heteroatoms. The minimum absolute atomic E-state index is 0.708. The highest BCUT2D eigenvalue weighted by Gasteiger charge is 2.19. The van der Waals surface area contributed by atoms with Crippen LogP contribution < -0.4 is 15.9 Å². The number of hydrogen-bond acceptors (Lipinski definition) is 2. The average molecular weight is 506 g/mol. The third kappa shape index (κ3) is 3.98. The summed E-state index contributed by atoms with van der Waals surface area (Å²) in [5.41, 5.74) is 5.18. The first-order chi connectivity index (χ1) is 18.9. The van der Waals surface area contributed by atoms with Crippen LogP contribution in [0.5, 0.6) is 0 Å². The van der Waals surface area contributed by atoms with Gasteiger partial charge in [0.05, 0.1) is 22.4 Å². The monoisotopic (exact) mass is 505 g/mol. The third-order valence-electron chi connectivity index (χ3n) is 6.87. The maximum atomic E-state index is 4.63. The number of rotatable bonds is 5. The van der Waals surface area contributed by atoms with E-state index < -0.39 is 7.92 Å². The summed E-state index contributed by atoms with van der Waals surface area (Å²) in [6.45, 7) is 0. The van der Waals surface area contributed by atoms with Crippen LogP contribution in [0, 0.1) is 0 Å². The second-order valence-electron chi connectivity index (χ2n) is 9.17. The molecule has 0 aliphatic carbocycles. The van der Waals surface area contributed by atoms with Gasteiger partial charge in [0.2, 0.25) is 0 Å². The predicted molar refractivity (Wildman–Crippen MR) is 161 cm³/mol. The number of para-hydroxylation sites is 1. The lowest BCUT2D eigenvalue weighted by molar-refractivity contribution is 1.15. The molecule has 0 bridgehead atoms. The molecule has 7 rings (SSSR count). The van der Waals surface area contributed by atoms with Crippen molar-refractivity contribution >= 4 is 45.6 Å².